The van der Waals surface area contributed by atoms with Crippen LogP contribution in [0.15, 0.2) is 0 Å². The van der Waals surface area contributed by atoms with Crippen LogP contribution in [0.2, 0.25) is 0 Å². The van der Waals surface area contributed by atoms with Crippen LogP contribution in [0.5, 0.6) is 0 Å². The average Bonchev–Trinajstić information content (AvgIpc) is 2.27. The number of rotatable bonds is 3. The Morgan fingerprint density at radius 1 is 1.15 bits per heavy atom. The lowest BCUT2D eigenvalue weighted by Gasteiger charge is -2.43. The molecule has 0 aromatic rings. The first-order valence-electron chi connectivity index (χ1n) is 5.64. The standard InChI is InChI=1S/C11H14BrClO7/c1-5(14)18-8-9(19-6(2)15)11(12,20-7(3)16)4-17-10(8)13/h8-10H,4H2,1-3H3/t8-,9+,10?,11-/m0/s1. The number of carbonyl (C=O) groups excluding carboxylic acids is 3. The van der Waals surface area contributed by atoms with Crippen LogP contribution in [0.4, 0.5) is 0 Å². The van der Waals surface area contributed by atoms with Crippen molar-refractivity contribution in [2.45, 2.75) is 43.1 Å². The van der Waals surface area contributed by atoms with E-state index in [4.69, 9.17) is 30.5 Å². The van der Waals surface area contributed by atoms with Crippen molar-refractivity contribution in [2.24, 2.45) is 0 Å². The van der Waals surface area contributed by atoms with E-state index in [0.717, 1.165) is 0 Å². The van der Waals surface area contributed by atoms with Crippen LogP contribution in [0.1, 0.15) is 20.8 Å². The Kier molecular flexibility index (Phi) is 5.79. The second kappa shape index (κ2) is 6.73. The van der Waals surface area contributed by atoms with Crippen LogP contribution in [-0.2, 0) is 33.3 Å². The third kappa shape index (κ3) is 4.32. The largest absolute Gasteiger partial charge is 0.454 e. The van der Waals surface area contributed by atoms with Crippen LogP contribution in [0.25, 0.3) is 0 Å². The molecule has 0 spiro atoms. The SMILES string of the molecule is CC(=O)O[C@@H]1C(Cl)OC[C@](Br)(OC(C)=O)[C@@H]1OC(C)=O. The summed E-state index contributed by atoms with van der Waals surface area (Å²) in [5.74, 6) is -1.91. The Balaban J connectivity index is 3.07. The maximum absolute atomic E-state index is 11.2. The van der Waals surface area contributed by atoms with E-state index in [1.807, 2.05) is 0 Å². The molecule has 1 heterocycles. The Bertz CT molecular complexity index is 416. The number of hydrogen-bond acceptors (Lipinski definition) is 7. The third-order valence-corrected chi connectivity index (χ3v) is 3.55. The zero-order valence-electron chi connectivity index (χ0n) is 11.1. The first-order valence-corrected chi connectivity index (χ1v) is 6.87. The van der Waals surface area contributed by atoms with Crippen molar-refractivity contribution in [3.8, 4) is 0 Å². The second-order valence-electron chi connectivity index (χ2n) is 4.15. The topological polar surface area (TPSA) is 88.1 Å². The molecule has 9 heteroatoms. The molecular formula is C11H14BrClO7. The van der Waals surface area contributed by atoms with Gasteiger partial charge in [0.2, 0.25) is 4.51 Å². The predicted octanol–water partition coefficient (Wildman–Crippen LogP) is 1.10. The minimum absolute atomic E-state index is 0.170. The molecule has 0 aromatic heterocycles. The second-order valence-corrected chi connectivity index (χ2v) is 5.92. The number of halogens is 2. The maximum Gasteiger partial charge on any atom is 0.304 e. The zero-order chi connectivity index (χ0) is 15.5. The van der Waals surface area contributed by atoms with Gasteiger partial charge in [0.1, 0.15) is 6.61 Å². The smallest absolute Gasteiger partial charge is 0.304 e. The lowest BCUT2D eigenvalue weighted by Crippen LogP contribution is -2.61. The molecule has 0 aliphatic carbocycles. The summed E-state index contributed by atoms with van der Waals surface area (Å²) in [6.45, 7) is 3.35. The van der Waals surface area contributed by atoms with E-state index in [0.29, 0.717) is 0 Å². The molecule has 0 saturated carbocycles. The van der Waals surface area contributed by atoms with Crippen molar-refractivity contribution in [2.75, 3.05) is 6.61 Å². The molecule has 1 unspecified atom stereocenters. The van der Waals surface area contributed by atoms with E-state index in [1.54, 1.807) is 0 Å². The van der Waals surface area contributed by atoms with Crippen LogP contribution in [0, 0.1) is 0 Å². The fourth-order valence-electron chi connectivity index (χ4n) is 1.72. The Morgan fingerprint density at radius 3 is 2.15 bits per heavy atom. The van der Waals surface area contributed by atoms with E-state index < -0.39 is 40.2 Å². The Hall–Kier alpha value is -0.860. The van der Waals surface area contributed by atoms with Gasteiger partial charge < -0.3 is 18.9 Å². The van der Waals surface area contributed by atoms with Gasteiger partial charge in [0.15, 0.2) is 17.8 Å². The highest BCUT2D eigenvalue weighted by molar-refractivity contribution is 9.10. The molecule has 1 aliphatic rings. The first-order chi connectivity index (χ1) is 9.15. The van der Waals surface area contributed by atoms with Gasteiger partial charge in [-0.2, -0.15) is 0 Å². The van der Waals surface area contributed by atoms with E-state index in [1.165, 1.54) is 20.8 Å². The van der Waals surface area contributed by atoms with Crippen molar-refractivity contribution in [3.63, 3.8) is 0 Å². The summed E-state index contributed by atoms with van der Waals surface area (Å²) in [5, 5.41) is 0. The molecule has 1 rings (SSSR count). The van der Waals surface area contributed by atoms with Crippen LogP contribution in [0.3, 0.4) is 0 Å². The minimum Gasteiger partial charge on any atom is -0.454 e. The lowest BCUT2D eigenvalue weighted by atomic mass is 10.1. The summed E-state index contributed by atoms with van der Waals surface area (Å²) in [5.41, 5.74) is -1.04. The molecule has 1 saturated heterocycles. The summed E-state index contributed by atoms with van der Waals surface area (Å²) in [4.78, 5) is 33.5. The van der Waals surface area contributed by atoms with E-state index in [-0.39, 0.29) is 6.61 Å². The van der Waals surface area contributed by atoms with Gasteiger partial charge in [-0.25, -0.2) is 0 Å². The van der Waals surface area contributed by atoms with Gasteiger partial charge in [0, 0.05) is 20.8 Å². The molecule has 114 valence electrons. The van der Waals surface area contributed by atoms with Gasteiger partial charge >= 0.3 is 17.9 Å². The monoisotopic (exact) mass is 372 g/mol. The van der Waals surface area contributed by atoms with Gasteiger partial charge in [-0.15, -0.1) is 0 Å². The van der Waals surface area contributed by atoms with Crippen LogP contribution >= 0.6 is 27.5 Å². The minimum atomic E-state index is -1.48. The third-order valence-electron chi connectivity index (χ3n) is 2.33. The van der Waals surface area contributed by atoms with Crippen molar-refractivity contribution >= 4 is 45.4 Å². The fraction of sp³-hybridized carbons (Fsp3) is 0.727. The summed E-state index contributed by atoms with van der Waals surface area (Å²) < 4.78 is 18.9. The van der Waals surface area contributed by atoms with Gasteiger partial charge in [-0.05, 0) is 15.9 Å². The summed E-state index contributed by atoms with van der Waals surface area (Å²) in [6.07, 6.45) is -2.26. The molecule has 1 aliphatic heterocycles. The molecule has 7 nitrogen and oxygen atoms in total. The van der Waals surface area contributed by atoms with Crippen molar-refractivity contribution < 1.29 is 33.3 Å². The highest BCUT2D eigenvalue weighted by Crippen LogP contribution is 2.38. The molecule has 0 aromatic carbocycles. The molecular weight excluding hydrogens is 359 g/mol. The molecule has 0 bridgehead atoms. The van der Waals surface area contributed by atoms with Crippen molar-refractivity contribution in [3.05, 3.63) is 0 Å². The fourth-order valence-corrected chi connectivity index (χ4v) is 2.68. The summed E-state index contributed by atoms with van der Waals surface area (Å²) >= 11 is 9.07. The van der Waals surface area contributed by atoms with Gasteiger partial charge in [-0.3, -0.25) is 14.4 Å². The molecule has 1 fully saturated rings. The molecule has 0 amide bonds. The molecule has 4 atom stereocenters. The Labute approximate surface area is 128 Å². The number of carbonyl (C=O) groups is 3. The van der Waals surface area contributed by atoms with Crippen LogP contribution in [-0.4, -0.2) is 46.8 Å². The highest BCUT2D eigenvalue weighted by atomic mass is 79.9. The van der Waals surface area contributed by atoms with E-state index in [9.17, 15) is 14.4 Å². The van der Waals surface area contributed by atoms with Crippen LogP contribution < -0.4 is 0 Å². The number of alkyl halides is 2. The van der Waals surface area contributed by atoms with Gasteiger partial charge in [-0.1, -0.05) is 11.6 Å². The number of ether oxygens (including phenoxy) is 4. The molecule has 0 N–H and O–H groups in total. The van der Waals surface area contributed by atoms with Crippen molar-refractivity contribution in [1.82, 2.24) is 0 Å². The van der Waals surface area contributed by atoms with E-state index in [2.05, 4.69) is 15.9 Å². The highest BCUT2D eigenvalue weighted by Gasteiger charge is 2.55. The van der Waals surface area contributed by atoms with Gasteiger partial charge in [0.25, 0.3) is 0 Å². The normalized spacial score (nSPS) is 33.1. The Morgan fingerprint density at radius 2 is 1.70 bits per heavy atom. The summed E-state index contributed by atoms with van der Waals surface area (Å²) in [7, 11) is 0. The molecule has 20 heavy (non-hydrogen) atoms. The van der Waals surface area contributed by atoms with Gasteiger partial charge in [0.05, 0.1) is 0 Å². The first kappa shape index (κ1) is 17.2. The number of hydrogen-bond donors (Lipinski definition) is 0. The zero-order valence-corrected chi connectivity index (χ0v) is 13.4. The average molecular weight is 374 g/mol. The molecule has 0 radical (unpaired) electrons. The maximum atomic E-state index is 11.2. The lowest BCUT2D eigenvalue weighted by molar-refractivity contribution is -0.221. The van der Waals surface area contributed by atoms with Crippen molar-refractivity contribution in [1.29, 1.82) is 0 Å². The predicted molar refractivity (Wildman–Crippen MR) is 70.1 cm³/mol. The summed E-state index contributed by atoms with van der Waals surface area (Å²) in [6, 6.07) is 0. The number of esters is 3. The quantitative estimate of drug-likeness (QED) is 0.416. The van der Waals surface area contributed by atoms with E-state index >= 15 is 0 Å².